The number of likely N-dealkylation sites (tertiary alicyclic amines) is 1. The van der Waals surface area contributed by atoms with Crippen molar-refractivity contribution >= 4 is 90.0 Å². The van der Waals surface area contributed by atoms with Gasteiger partial charge in [0.05, 0.1) is 13.9 Å². The molecule has 2 heterocycles. The first-order valence-electron chi connectivity index (χ1n) is 10.3. The summed E-state index contributed by atoms with van der Waals surface area (Å²) in [6.45, 7) is 1.35. The summed E-state index contributed by atoms with van der Waals surface area (Å²) >= 11 is 20.0. The number of carbonyl (C=O) groups excluding carboxylic acids is 3. The van der Waals surface area contributed by atoms with Gasteiger partial charge in [0, 0.05) is 28.7 Å². The summed E-state index contributed by atoms with van der Waals surface area (Å²) in [4.78, 5) is 40.5. The normalized spacial score (nSPS) is 17.2. The minimum Gasteiger partial charge on any atom is -0.486 e. The fourth-order valence-corrected chi connectivity index (χ4v) is 6.33. The zero-order valence-electron chi connectivity index (χ0n) is 17.7. The van der Waals surface area contributed by atoms with Crippen molar-refractivity contribution in [2.24, 2.45) is 0 Å². The molecule has 0 radical (unpaired) electrons. The molecular formula is C23H18Br2Cl2N2O4S. The van der Waals surface area contributed by atoms with Crippen LogP contribution in [-0.2, 0) is 16.2 Å². The van der Waals surface area contributed by atoms with Crippen molar-refractivity contribution in [3.05, 3.63) is 65.4 Å². The first kappa shape index (κ1) is 25.6. The molecule has 0 N–H and O–H groups in total. The second-order valence-corrected chi connectivity index (χ2v) is 11.2. The van der Waals surface area contributed by atoms with E-state index in [0.29, 0.717) is 43.4 Å². The standard InChI is InChI=1S/C23H18Br2Cl2N2O4S/c24-16-7-13(8-17(25)21(16)33-12-14-3-4-15(26)10-18(14)27)9-19-22(31)29(23(32)34-19)11-20(30)28-5-1-2-6-28/h3-4,7-10H,1-2,5-6,11-12H2/b19-9+. The number of hydrogen-bond donors (Lipinski definition) is 0. The van der Waals surface area contributed by atoms with E-state index in [9.17, 15) is 14.4 Å². The highest BCUT2D eigenvalue weighted by Gasteiger charge is 2.37. The van der Waals surface area contributed by atoms with E-state index in [1.807, 2.05) is 0 Å². The lowest BCUT2D eigenvalue weighted by atomic mass is 10.2. The number of hydrogen-bond acceptors (Lipinski definition) is 5. The van der Waals surface area contributed by atoms with Crippen LogP contribution >= 0.6 is 66.8 Å². The first-order valence-corrected chi connectivity index (χ1v) is 13.5. The molecular weight excluding hydrogens is 631 g/mol. The van der Waals surface area contributed by atoms with Gasteiger partial charge in [-0.15, -0.1) is 0 Å². The second kappa shape index (κ2) is 11.0. The van der Waals surface area contributed by atoms with E-state index in [0.717, 1.165) is 35.1 Å². The van der Waals surface area contributed by atoms with Crippen LogP contribution in [0.4, 0.5) is 4.79 Å². The lowest BCUT2D eigenvalue weighted by molar-refractivity contribution is -0.135. The fraction of sp³-hybridized carbons (Fsp3) is 0.261. The molecule has 2 aromatic rings. The molecule has 2 aromatic carbocycles. The Morgan fingerprint density at radius 2 is 1.76 bits per heavy atom. The molecule has 3 amide bonds. The molecule has 2 aliphatic rings. The molecule has 0 aromatic heterocycles. The van der Waals surface area contributed by atoms with E-state index in [2.05, 4.69) is 31.9 Å². The van der Waals surface area contributed by atoms with Crippen LogP contribution in [0.1, 0.15) is 24.0 Å². The molecule has 2 saturated heterocycles. The van der Waals surface area contributed by atoms with E-state index in [1.54, 1.807) is 41.3 Å². The molecule has 11 heteroatoms. The Balaban J connectivity index is 1.46. The Hall–Kier alpha value is -1.52. The van der Waals surface area contributed by atoms with Crippen LogP contribution in [0.5, 0.6) is 5.75 Å². The fourth-order valence-electron chi connectivity index (χ4n) is 3.58. The topological polar surface area (TPSA) is 66.9 Å². The number of rotatable bonds is 6. The maximum absolute atomic E-state index is 12.8. The van der Waals surface area contributed by atoms with Gasteiger partial charge in [-0.1, -0.05) is 29.3 Å². The lowest BCUT2D eigenvalue weighted by Crippen LogP contribution is -2.40. The van der Waals surface area contributed by atoms with Gasteiger partial charge in [-0.2, -0.15) is 0 Å². The molecule has 6 nitrogen and oxygen atoms in total. The number of nitrogens with zero attached hydrogens (tertiary/aromatic N) is 2. The molecule has 34 heavy (non-hydrogen) atoms. The average molecular weight is 649 g/mol. The summed E-state index contributed by atoms with van der Waals surface area (Å²) in [5.41, 5.74) is 1.47. The molecule has 0 aliphatic carbocycles. The van der Waals surface area contributed by atoms with Gasteiger partial charge < -0.3 is 9.64 Å². The van der Waals surface area contributed by atoms with Gasteiger partial charge in [0.15, 0.2) is 0 Å². The van der Waals surface area contributed by atoms with E-state index in [-0.39, 0.29) is 24.0 Å². The third-order valence-corrected chi connectivity index (χ3v) is 8.00. The SMILES string of the molecule is O=C(CN1C(=O)S/C(=C/c2cc(Br)c(OCc3ccc(Cl)cc3Cl)c(Br)c2)C1=O)N1CCCC1. The Labute approximate surface area is 227 Å². The number of carbonyl (C=O) groups is 3. The van der Waals surface area contributed by atoms with Gasteiger partial charge in [0.2, 0.25) is 5.91 Å². The minimum atomic E-state index is -0.465. The summed E-state index contributed by atoms with van der Waals surface area (Å²) in [5, 5.41) is 0.613. The highest BCUT2D eigenvalue weighted by atomic mass is 79.9. The minimum absolute atomic E-state index is 0.200. The van der Waals surface area contributed by atoms with Gasteiger partial charge in [0.1, 0.15) is 18.9 Å². The summed E-state index contributed by atoms with van der Waals surface area (Å²) in [6.07, 6.45) is 3.52. The number of ether oxygens (including phenoxy) is 1. The number of benzene rings is 2. The molecule has 4 rings (SSSR count). The number of halogens is 4. The van der Waals surface area contributed by atoms with Crippen LogP contribution < -0.4 is 4.74 Å². The van der Waals surface area contributed by atoms with Gasteiger partial charge in [-0.3, -0.25) is 19.3 Å². The Bertz CT molecular complexity index is 1180. The zero-order chi connectivity index (χ0) is 24.4. The quantitative estimate of drug-likeness (QED) is 0.324. The first-order chi connectivity index (χ1) is 16.2. The summed E-state index contributed by atoms with van der Waals surface area (Å²) < 4.78 is 7.24. The van der Waals surface area contributed by atoms with Gasteiger partial charge in [0.25, 0.3) is 11.1 Å². The van der Waals surface area contributed by atoms with Crippen LogP contribution in [0, 0.1) is 0 Å². The Kier molecular flexibility index (Phi) is 8.30. The summed E-state index contributed by atoms with van der Waals surface area (Å²) in [6, 6.07) is 8.76. The van der Waals surface area contributed by atoms with Crippen LogP contribution in [0.3, 0.4) is 0 Å². The van der Waals surface area contributed by atoms with Crippen molar-refractivity contribution in [1.29, 1.82) is 0 Å². The molecule has 0 unspecified atom stereocenters. The Morgan fingerprint density at radius 1 is 1.09 bits per heavy atom. The third-order valence-electron chi connectivity index (χ3n) is 5.33. The molecule has 178 valence electrons. The van der Waals surface area contributed by atoms with Gasteiger partial charge in [-0.25, -0.2) is 0 Å². The molecule has 0 spiro atoms. The monoisotopic (exact) mass is 646 g/mol. The molecule has 0 saturated carbocycles. The van der Waals surface area contributed by atoms with E-state index in [4.69, 9.17) is 27.9 Å². The number of amides is 3. The predicted octanol–water partition coefficient (Wildman–Crippen LogP) is 6.76. The summed E-state index contributed by atoms with van der Waals surface area (Å²) in [7, 11) is 0. The zero-order valence-corrected chi connectivity index (χ0v) is 23.2. The molecule has 2 fully saturated rings. The molecule has 2 aliphatic heterocycles. The lowest BCUT2D eigenvalue weighted by Gasteiger charge is -2.18. The van der Waals surface area contributed by atoms with E-state index >= 15 is 0 Å². The van der Waals surface area contributed by atoms with Crippen molar-refractivity contribution in [2.75, 3.05) is 19.6 Å². The van der Waals surface area contributed by atoms with Crippen molar-refractivity contribution < 1.29 is 19.1 Å². The summed E-state index contributed by atoms with van der Waals surface area (Å²) in [5.74, 6) is -0.103. The average Bonchev–Trinajstić information content (AvgIpc) is 3.39. The molecule has 0 atom stereocenters. The van der Waals surface area contributed by atoms with Gasteiger partial charge in [-0.05, 0) is 92.4 Å². The number of thioether (sulfide) groups is 1. The smallest absolute Gasteiger partial charge is 0.294 e. The highest BCUT2D eigenvalue weighted by molar-refractivity contribution is 9.11. The third kappa shape index (κ3) is 5.82. The maximum Gasteiger partial charge on any atom is 0.294 e. The number of imide groups is 1. The van der Waals surface area contributed by atoms with Crippen LogP contribution in [0.15, 0.2) is 44.2 Å². The van der Waals surface area contributed by atoms with Crippen molar-refractivity contribution in [3.63, 3.8) is 0 Å². The van der Waals surface area contributed by atoms with Crippen molar-refractivity contribution in [1.82, 2.24) is 9.80 Å². The predicted molar refractivity (Wildman–Crippen MR) is 141 cm³/mol. The van der Waals surface area contributed by atoms with Crippen LogP contribution in [0.2, 0.25) is 10.0 Å². The van der Waals surface area contributed by atoms with Crippen molar-refractivity contribution in [2.45, 2.75) is 19.4 Å². The maximum atomic E-state index is 12.8. The van der Waals surface area contributed by atoms with Crippen LogP contribution in [-0.4, -0.2) is 46.5 Å². The largest absolute Gasteiger partial charge is 0.486 e. The highest BCUT2D eigenvalue weighted by Crippen LogP contribution is 2.38. The second-order valence-electron chi connectivity index (χ2n) is 7.69. The van der Waals surface area contributed by atoms with Gasteiger partial charge >= 0.3 is 0 Å². The van der Waals surface area contributed by atoms with E-state index < -0.39 is 11.1 Å². The van der Waals surface area contributed by atoms with Crippen molar-refractivity contribution in [3.8, 4) is 5.75 Å². The molecule has 0 bridgehead atoms. The van der Waals surface area contributed by atoms with Crippen LogP contribution in [0.25, 0.3) is 6.08 Å². The Morgan fingerprint density at radius 3 is 2.41 bits per heavy atom. The van der Waals surface area contributed by atoms with E-state index in [1.165, 1.54) is 0 Å².